The molecular weight excluding hydrogens is 446 g/mol. The van der Waals surface area contributed by atoms with E-state index in [2.05, 4.69) is 56.4 Å². The van der Waals surface area contributed by atoms with Crippen LogP contribution in [0.2, 0.25) is 0 Å². The minimum atomic E-state index is 0.125. The normalized spacial score (nSPS) is 16.1. The first-order valence-corrected chi connectivity index (χ1v) is 12.4. The Hall–Kier alpha value is -3.49. The molecule has 8 heteroatoms. The predicted octanol–water partition coefficient (Wildman–Crippen LogP) is 5.11. The molecule has 172 valence electrons. The quantitative estimate of drug-likeness (QED) is 0.434. The van der Waals surface area contributed by atoms with Crippen LogP contribution >= 0.6 is 11.3 Å². The molecular formula is C26H25N5O2S. The average molecular weight is 472 g/mol. The van der Waals surface area contributed by atoms with Crippen molar-refractivity contribution in [1.82, 2.24) is 14.9 Å². The molecule has 7 nitrogen and oxygen atoms in total. The molecule has 0 unspecified atom stereocenters. The zero-order chi connectivity index (χ0) is 23.1. The second-order valence-electron chi connectivity index (χ2n) is 8.77. The summed E-state index contributed by atoms with van der Waals surface area (Å²) in [5, 5.41) is 6.13. The van der Waals surface area contributed by atoms with Gasteiger partial charge in [0.2, 0.25) is 11.8 Å². The summed E-state index contributed by atoms with van der Waals surface area (Å²) in [5.41, 5.74) is 3.85. The van der Waals surface area contributed by atoms with Crippen LogP contribution in [0.3, 0.4) is 0 Å². The first-order valence-electron chi connectivity index (χ1n) is 11.5. The van der Waals surface area contributed by atoms with Crippen LogP contribution in [-0.4, -0.2) is 53.9 Å². The Bertz CT molecular complexity index is 1360. The largest absolute Gasteiger partial charge is 0.437 e. The second-order valence-corrected chi connectivity index (χ2v) is 9.66. The summed E-state index contributed by atoms with van der Waals surface area (Å²) in [6, 6.07) is 16.1. The number of ketones is 1. The van der Waals surface area contributed by atoms with Crippen LogP contribution in [0, 0.1) is 0 Å². The van der Waals surface area contributed by atoms with Crippen molar-refractivity contribution >= 4 is 44.7 Å². The summed E-state index contributed by atoms with van der Waals surface area (Å²) in [6.07, 6.45) is 1.30. The number of aryl methyl sites for hydroxylation is 1. The number of thiophene rings is 1. The van der Waals surface area contributed by atoms with E-state index in [4.69, 9.17) is 4.74 Å². The van der Waals surface area contributed by atoms with E-state index in [0.29, 0.717) is 29.6 Å². The number of ether oxygens (including phenoxy) is 1. The third kappa shape index (κ3) is 3.99. The fourth-order valence-corrected chi connectivity index (χ4v) is 5.33. The molecule has 2 aromatic heterocycles. The van der Waals surface area contributed by atoms with Gasteiger partial charge in [-0.15, -0.1) is 11.3 Å². The number of benzene rings is 2. The number of fused-ring (bicyclic) bond motifs is 2. The van der Waals surface area contributed by atoms with Crippen LogP contribution < -0.4 is 15.0 Å². The van der Waals surface area contributed by atoms with E-state index < -0.39 is 0 Å². The zero-order valence-electron chi connectivity index (χ0n) is 19.0. The van der Waals surface area contributed by atoms with Gasteiger partial charge in [0.15, 0.2) is 5.78 Å². The fourth-order valence-electron chi connectivity index (χ4n) is 4.58. The first kappa shape index (κ1) is 21.1. The average Bonchev–Trinajstić information content (AvgIpc) is 3.48. The second kappa shape index (κ2) is 8.70. The number of anilines is 3. The third-order valence-corrected chi connectivity index (χ3v) is 7.31. The molecule has 0 radical (unpaired) electrons. The van der Waals surface area contributed by atoms with Crippen molar-refractivity contribution in [3.05, 3.63) is 65.0 Å². The van der Waals surface area contributed by atoms with Gasteiger partial charge in [0.25, 0.3) is 0 Å². The van der Waals surface area contributed by atoms with Crippen molar-refractivity contribution in [2.24, 2.45) is 0 Å². The maximum absolute atomic E-state index is 12.4. The molecule has 1 N–H and O–H groups in total. The van der Waals surface area contributed by atoms with Gasteiger partial charge in [-0.05, 0) is 60.8 Å². The van der Waals surface area contributed by atoms with Crippen LogP contribution in [0.25, 0.3) is 10.2 Å². The van der Waals surface area contributed by atoms with Gasteiger partial charge in [0, 0.05) is 44.0 Å². The lowest BCUT2D eigenvalue weighted by molar-refractivity contribution is 0.0992. The number of carbonyl (C=O) groups excluding carboxylic acids is 1. The molecule has 1 aliphatic carbocycles. The van der Waals surface area contributed by atoms with E-state index in [1.807, 2.05) is 29.6 Å². The number of likely N-dealkylation sites (N-methyl/N-ethyl adjacent to an activating group) is 1. The summed E-state index contributed by atoms with van der Waals surface area (Å²) in [7, 11) is 2.16. The van der Waals surface area contributed by atoms with Crippen molar-refractivity contribution in [3.63, 3.8) is 0 Å². The predicted molar refractivity (Wildman–Crippen MR) is 136 cm³/mol. The van der Waals surface area contributed by atoms with Gasteiger partial charge in [-0.1, -0.05) is 12.1 Å². The Balaban J connectivity index is 1.26. The molecule has 2 aliphatic rings. The minimum Gasteiger partial charge on any atom is -0.437 e. The van der Waals surface area contributed by atoms with Crippen LogP contribution in [0.1, 0.15) is 22.3 Å². The number of rotatable bonds is 5. The smallest absolute Gasteiger partial charge is 0.232 e. The highest BCUT2D eigenvalue weighted by Crippen LogP contribution is 2.37. The number of carbonyl (C=O) groups is 1. The number of hydrogen-bond acceptors (Lipinski definition) is 8. The Kier molecular flexibility index (Phi) is 5.39. The van der Waals surface area contributed by atoms with Crippen molar-refractivity contribution in [3.8, 4) is 11.6 Å². The minimum absolute atomic E-state index is 0.125. The number of hydrogen-bond donors (Lipinski definition) is 1. The van der Waals surface area contributed by atoms with E-state index >= 15 is 0 Å². The number of aromatic nitrogens is 2. The fraction of sp³-hybridized carbons (Fsp3) is 0.269. The first-order chi connectivity index (χ1) is 16.6. The van der Waals surface area contributed by atoms with E-state index in [0.717, 1.165) is 54.1 Å². The molecule has 4 aromatic rings. The lowest BCUT2D eigenvalue weighted by Crippen LogP contribution is -2.44. The van der Waals surface area contributed by atoms with Gasteiger partial charge < -0.3 is 19.9 Å². The number of nitrogens with zero attached hydrogens (tertiary/aromatic N) is 4. The molecule has 34 heavy (non-hydrogen) atoms. The zero-order valence-corrected chi connectivity index (χ0v) is 19.8. The van der Waals surface area contributed by atoms with E-state index in [9.17, 15) is 4.79 Å². The number of piperazine rings is 1. The Morgan fingerprint density at radius 3 is 2.62 bits per heavy atom. The molecule has 0 spiro atoms. The lowest BCUT2D eigenvalue weighted by Gasteiger charge is -2.34. The molecule has 1 aliphatic heterocycles. The van der Waals surface area contributed by atoms with Gasteiger partial charge in [-0.25, -0.2) is 4.98 Å². The maximum atomic E-state index is 12.4. The SMILES string of the molecule is CN1CCN(c2ccc(Nc3nc(Oc4cccc5c4C(=O)CC5)c4ccsc4n3)cc2)CC1. The summed E-state index contributed by atoms with van der Waals surface area (Å²) in [4.78, 5) is 27.4. The third-order valence-electron chi connectivity index (χ3n) is 6.50. The highest BCUT2D eigenvalue weighted by atomic mass is 32.1. The molecule has 1 fully saturated rings. The summed E-state index contributed by atoms with van der Waals surface area (Å²) in [6.45, 7) is 4.23. The number of nitrogens with one attached hydrogen (secondary N) is 1. The molecule has 1 saturated heterocycles. The highest BCUT2D eigenvalue weighted by molar-refractivity contribution is 7.16. The standard InChI is InChI=1S/C26H25N5O2S/c1-30-12-14-31(15-13-30)19-8-6-18(7-9-19)27-26-28-24(20-11-16-34-25(20)29-26)33-22-4-2-3-17-5-10-21(32)23(17)22/h2-4,6-9,11,16H,5,10,12-15H2,1H3,(H,27,28,29). The van der Waals surface area contributed by atoms with Crippen molar-refractivity contribution in [1.29, 1.82) is 0 Å². The van der Waals surface area contributed by atoms with Crippen LogP contribution in [0.4, 0.5) is 17.3 Å². The number of Topliss-reactive ketones (excluding diaryl/α,β-unsaturated/α-hetero) is 1. The monoisotopic (exact) mass is 471 g/mol. The van der Waals surface area contributed by atoms with Crippen LogP contribution in [-0.2, 0) is 6.42 Å². The topological polar surface area (TPSA) is 70.6 Å². The van der Waals surface area contributed by atoms with Crippen molar-refractivity contribution in [2.75, 3.05) is 43.4 Å². The molecule has 6 rings (SSSR count). The molecule has 3 heterocycles. The molecule has 0 amide bonds. The van der Waals surface area contributed by atoms with Crippen LogP contribution in [0.15, 0.2) is 53.9 Å². The van der Waals surface area contributed by atoms with E-state index in [-0.39, 0.29) is 5.78 Å². The lowest BCUT2D eigenvalue weighted by atomic mass is 10.1. The molecule has 0 bridgehead atoms. The van der Waals surface area contributed by atoms with E-state index in [1.165, 1.54) is 17.0 Å². The van der Waals surface area contributed by atoms with Crippen molar-refractivity contribution in [2.45, 2.75) is 12.8 Å². The van der Waals surface area contributed by atoms with Gasteiger partial charge in [-0.3, -0.25) is 4.79 Å². The Labute approximate surface area is 202 Å². The van der Waals surface area contributed by atoms with Gasteiger partial charge in [0.1, 0.15) is 10.6 Å². The molecule has 2 aromatic carbocycles. The summed E-state index contributed by atoms with van der Waals surface area (Å²) in [5.74, 6) is 1.61. The van der Waals surface area contributed by atoms with E-state index in [1.54, 1.807) is 0 Å². The van der Waals surface area contributed by atoms with Crippen molar-refractivity contribution < 1.29 is 9.53 Å². The van der Waals surface area contributed by atoms with Gasteiger partial charge in [-0.2, -0.15) is 4.98 Å². The maximum Gasteiger partial charge on any atom is 0.232 e. The highest BCUT2D eigenvalue weighted by Gasteiger charge is 2.25. The summed E-state index contributed by atoms with van der Waals surface area (Å²) < 4.78 is 6.23. The summed E-state index contributed by atoms with van der Waals surface area (Å²) >= 11 is 1.54. The van der Waals surface area contributed by atoms with Gasteiger partial charge >= 0.3 is 0 Å². The Morgan fingerprint density at radius 1 is 0.971 bits per heavy atom. The van der Waals surface area contributed by atoms with Crippen LogP contribution in [0.5, 0.6) is 11.6 Å². The Morgan fingerprint density at radius 2 is 1.79 bits per heavy atom. The molecule has 0 atom stereocenters. The van der Waals surface area contributed by atoms with Gasteiger partial charge in [0.05, 0.1) is 10.9 Å². The molecule has 0 saturated carbocycles.